The first-order valence-corrected chi connectivity index (χ1v) is 9.22. The summed E-state index contributed by atoms with van der Waals surface area (Å²) in [7, 11) is 0. The summed E-state index contributed by atoms with van der Waals surface area (Å²) in [5.74, 6) is 0. The maximum absolute atomic E-state index is 10.1. The second kappa shape index (κ2) is 14.4. The molecule has 0 bridgehead atoms. The van der Waals surface area contributed by atoms with E-state index in [-0.39, 0.29) is 6.10 Å². The Morgan fingerprint density at radius 3 is 1.59 bits per heavy atom. The van der Waals surface area contributed by atoms with Gasteiger partial charge in [-0.05, 0) is 20.3 Å². The standard InChI is InChI=1S/C18H39NO3/c1-4-5-6-7-8-9-10-11-12-18(22)15-19(13-16(2)20)14-17(3)21/h16-18,20-22H,4-15H2,1-3H3/t16-,17+,18-/m0/s1. The number of aliphatic hydroxyl groups excluding tert-OH is 3. The van der Waals surface area contributed by atoms with Gasteiger partial charge in [0, 0.05) is 19.6 Å². The van der Waals surface area contributed by atoms with E-state index in [1.165, 1.54) is 44.9 Å². The van der Waals surface area contributed by atoms with Gasteiger partial charge in [0.2, 0.25) is 0 Å². The zero-order chi connectivity index (χ0) is 16.8. The molecule has 0 unspecified atom stereocenters. The van der Waals surface area contributed by atoms with E-state index in [0.29, 0.717) is 19.6 Å². The molecular formula is C18H39NO3. The first kappa shape index (κ1) is 21.8. The Hall–Kier alpha value is -0.160. The van der Waals surface area contributed by atoms with Crippen molar-refractivity contribution in [1.82, 2.24) is 4.90 Å². The lowest BCUT2D eigenvalue weighted by atomic mass is 10.1. The van der Waals surface area contributed by atoms with E-state index in [0.717, 1.165) is 12.8 Å². The van der Waals surface area contributed by atoms with E-state index in [1.807, 2.05) is 4.90 Å². The van der Waals surface area contributed by atoms with Crippen LogP contribution in [0.15, 0.2) is 0 Å². The maximum atomic E-state index is 10.1. The quantitative estimate of drug-likeness (QED) is 0.406. The second-order valence-corrected chi connectivity index (χ2v) is 6.83. The lowest BCUT2D eigenvalue weighted by Gasteiger charge is -2.27. The van der Waals surface area contributed by atoms with Gasteiger partial charge in [-0.25, -0.2) is 0 Å². The minimum absolute atomic E-state index is 0.363. The number of nitrogens with zero attached hydrogens (tertiary/aromatic N) is 1. The Balaban J connectivity index is 3.69. The van der Waals surface area contributed by atoms with E-state index < -0.39 is 12.2 Å². The summed E-state index contributed by atoms with van der Waals surface area (Å²) in [5.41, 5.74) is 0. The van der Waals surface area contributed by atoms with Crippen LogP contribution in [0.5, 0.6) is 0 Å². The third-order valence-corrected chi connectivity index (χ3v) is 3.90. The van der Waals surface area contributed by atoms with Crippen LogP contribution >= 0.6 is 0 Å². The van der Waals surface area contributed by atoms with Gasteiger partial charge < -0.3 is 15.3 Å². The highest BCUT2D eigenvalue weighted by Gasteiger charge is 2.15. The Labute approximate surface area is 137 Å². The van der Waals surface area contributed by atoms with Crippen molar-refractivity contribution < 1.29 is 15.3 Å². The van der Waals surface area contributed by atoms with Gasteiger partial charge in [-0.3, -0.25) is 4.90 Å². The molecular weight excluding hydrogens is 278 g/mol. The Bertz CT molecular complexity index is 224. The number of rotatable bonds is 15. The first-order valence-electron chi connectivity index (χ1n) is 9.22. The van der Waals surface area contributed by atoms with Crippen LogP contribution in [0.3, 0.4) is 0 Å². The van der Waals surface area contributed by atoms with Crippen LogP contribution in [0.25, 0.3) is 0 Å². The number of hydrogen-bond donors (Lipinski definition) is 3. The van der Waals surface area contributed by atoms with Crippen LogP contribution in [0.1, 0.15) is 78.6 Å². The summed E-state index contributed by atoms with van der Waals surface area (Å²) in [6, 6.07) is 0. The van der Waals surface area contributed by atoms with Crippen molar-refractivity contribution in [3.05, 3.63) is 0 Å². The summed E-state index contributed by atoms with van der Waals surface area (Å²) in [4.78, 5) is 1.95. The van der Waals surface area contributed by atoms with Crippen LogP contribution in [0, 0.1) is 0 Å². The molecule has 3 atom stereocenters. The molecule has 0 amide bonds. The SMILES string of the molecule is CCCCCCCCCC[C@H](O)CN(C[C@H](C)O)C[C@@H](C)O. The van der Waals surface area contributed by atoms with Crippen molar-refractivity contribution in [2.24, 2.45) is 0 Å². The highest BCUT2D eigenvalue weighted by atomic mass is 16.3. The van der Waals surface area contributed by atoms with Gasteiger partial charge in [0.1, 0.15) is 0 Å². The molecule has 22 heavy (non-hydrogen) atoms. The zero-order valence-electron chi connectivity index (χ0n) is 15.0. The molecule has 134 valence electrons. The van der Waals surface area contributed by atoms with E-state index in [1.54, 1.807) is 13.8 Å². The minimum Gasteiger partial charge on any atom is -0.392 e. The summed E-state index contributed by atoms with van der Waals surface area (Å²) in [6.45, 7) is 7.24. The predicted molar refractivity (Wildman–Crippen MR) is 93.0 cm³/mol. The topological polar surface area (TPSA) is 63.9 Å². The van der Waals surface area contributed by atoms with Gasteiger partial charge in [-0.15, -0.1) is 0 Å². The van der Waals surface area contributed by atoms with Crippen molar-refractivity contribution in [2.45, 2.75) is 96.9 Å². The van der Waals surface area contributed by atoms with Crippen molar-refractivity contribution in [3.8, 4) is 0 Å². The van der Waals surface area contributed by atoms with E-state index in [2.05, 4.69) is 6.92 Å². The largest absolute Gasteiger partial charge is 0.392 e. The van der Waals surface area contributed by atoms with Gasteiger partial charge in [-0.2, -0.15) is 0 Å². The van der Waals surface area contributed by atoms with Gasteiger partial charge in [0.25, 0.3) is 0 Å². The third kappa shape index (κ3) is 14.8. The van der Waals surface area contributed by atoms with Crippen molar-refractivity contribution in [1.29, 1.82) is 0 Å². The highest BCUT2D eigenvalue weighted by molar-refractivity contribution is 4.69. The molecule has 4 nitrogen and oxygen atoms in total. The fourth-order valence-corrected chi connectivity index (χ4v) is 2.87. The van der Waals surface area contributed by atoms with Crippen LogP contribution in [0.4, 0.5) is 0 Å². The summed E-state index contributed by atoms with van der Waals surface area (Å²) in [5, 5.41) is 29.1. The fraction of sp³-hybridized carbons (Fsp3) is 1.00. The number of unbranched alkanes of at least 4 members (excludes halogenated alkanes) is 7. The molecule has 0 aromatic heterocycles. The maximum Gasteiger partial charge on any atom is 0.0667 e. The Morgan fingerprint density at radius 1 is 0.682 bits per heavy atom. The summed E-state index contributed by atoms with van der Waals surface area (Å²) >= 11 is 0. The Morgan fingerprint density at radius 2 is 1.14 bits per heavy atom. The smallest absolute Gasteiger partial charge is 0.0667 e. The molecule has 0 radical (unpaired) electrons. The second-order valence-electron chi connectivity index (χ2n) is 6.83. The molecule has 0 saturated heterocycles. The molecule has 0 spiro atoms. The minimum atomic E-state index is -0.436. The van der Waals surface area contributed by atoms with Crippen molar-refractivity contribution >= 4 is 0 Å². The van der Waals surface area contributed by atoms with Gasteiger partial charge >= 0.3 is 0 Å². The monoisotopic (exact) mass is 317 g/mol. The average Bonchev–Trinajstić information content (AvgIpc) is 2.40. The molecule has 0 aromatic rings. The van der Waals surface area contributed by atoms with Crippen LogP contribution in [-0.4, -0.2) is 58.2 Å². The molecule has 0 aliphatic carbocycles. The van der Waals surface area contributed by atoms with E-state index in [4.69, 9.17) is 0 Å². The Kier molecular flexibility index (Phi) is 14.3. The molecule has 3 N–H and O–H groups in total. The van der Waals surface area contributed by atoms with Gasteiger partial charge in [0.05, 0.1) is 18.3 Å². The molecule has 0 saturated carbocycles. The van der Waals surface area contributed by atoms with E-state index >= 15 is 0 Å². The molecule has 0 aliphatic heterocycles. The number of aliphatic hydroxyl groups is 3. The summed E-state index contributed by atoms with van der Waals surface area (Å²) < 4.78 is 0. The normalized spacial score (nSPS) is 16.0. The van der Waals surface area contributed by atoms with Crippen LogP contribution < -0.4 is 0 Å². The summed E-state index contributed by atoms with van der Waals surface area (Å²) in [6.07, 6.45) is 9.74. The van der Waals surface area contributed by atoms with Crippen molar-refractivity contribution in [3.63, 3.8) is 0 Å². The first-order chi connectivity index (χ1) is 10.5. The molecule has 4 heteroatoms. The molecule has 0 fully saturated rings. The highest BCUT2D eigenvalue weighted by Crippen LogP contribution is 2.11. The predicted octanol–water partition coefficient (Wildman–Crippen LogP) is 2.94. The third-order valence-electron chi connectivity index (χ3n) is 3.90. The number of hydrogen-bond acceptors (Lipinski definition) is 4. The van der Waals surface area contributed by atoms with Gasteiger partial charge in [0.15, 0.2) is 0 Å². The lowest BCUT2D eigenvalue weighted by Crippen LogP contribution is -2.41. The van der Waals surface area contributed by atoms with Crippen LogP contribution in [0.2, 0.25) is 0 Å². The lowest BCUT2D eigenvalue weighted by molar-refractivity contribution is 0.0443. The fourth-order valence-electron chi connectivity index (χ4n) is 2.87. The van der Waals surface area contributed by atoms with E-state index in [9.17, 15) is 15.3 Å². The molecule has 0 rings (SSSR count). The molecule has 0 aromatic carbocycles. The molecule has 0 heterocycles. The zero-order valence-corrected chi connectivity index (χ0v) is 15.0. The molecule has 0 aliphatic rings. The van der Waals surface area contributed by atoms with Crippen LogP contribution in [-0.2, 0) is 0 Å². The van der Waals surface area contributed by atoms with Crippen molar-refractivity contribution in [2.75, 3.05) is 19.6 Å². The average molecular weight is 318 g/mol. The van der Waals surface area contributed by atoms with Gasteiger partial charge in [-0.1, -0.05) is 58.3 Å².